The molecule has 0 saturated heterocycles. The first-order valence-corrected chi connectivity index (χ1v) is 7.47. The quantitative estimate of drug-likeness (QED) is 0.859. The molecule has 0 amide bonds. The van der Waals surface area contributed by atoms with Gasteiger partial charge in [0.2, 0.25) is 0 Å². The molecule has 2 rings (SSSR count). The van der Waals surface area contributed by atoms with Crippen molar-refractivity contribution < 1.29 is 4.42 Å². The van der Waals surface area contributed by atoms with E-state index in [1.165, 1.54) is 0 Å². The molecule has 110 valence electrons. The second kappa shape index (κ2) is 6.76. The van der Waals surface area contributed by atoms with E-state index in [0.717, 1.165) is 28.8 Å². The molecule has 0 fully saturated rings. The van der Waals surface area contributed by atoms with Gasteiger partial charge >= 0.3 is 0 Å². The molecule has 0 aliphatic heterocycles. The van der Waals surface area contributed by atoms with Crippen LogP contribution in [0.3, 0.4) is 0 Å². The van der Waals surface area contributed by atoms with Crippen LogP contribution in [0.1, 0.15) is 17.3 Å². The Kier molecular flexibility index (Phi) is 5.26. The minimum absolute atomic E-state index is 0.0692. The van der Waals surface area contributed by atoms with Crippen LogP contribution in [0.2, 0.25) is 5.22 Å². The van der Waals surface area contributed by atoms with E-state index in [2.05, 4.69) is 31.2 Å². The Hall–Kier alpha value is -0.820. The second-order valence-electron chi connectivity index (χ2n) is 4.78. The Bertz CT molecular complexity index is 566. The lowest BCUT2D eigenvalue weighted by Crippen LogP contribution is -2.25. The molecule has 0 aliphatic carbocycles. The highest BCUT2D eigenvalue weighted by atomic mass is 79.9. The molecule has 1 unspecified atom stereocenters. The number of likely N-dealkylation sites (N-methyl/N-ethyl adjacent to an activating group) is 1. The van der Waals surface area contributed by atoms with Gasteiger partial charge in [-0.2, -0.15) is 5.10 Å². The maximum Gasteiger partial charge on any atom is 0.198 e. The summed E-state index contributed by atoms with van der Waals surface area (Å²) in [6, 6.07) is 1.81. The number of furan rings is 1. The Morgan fingerprint density at radius 3 is 2.85 bits per heavy atom. The summed E-state index contributed by atoms with van der Waals surface area (Å²) in [4.78, 5) is 2.12. The lowest BCUT2D eigenvalue weighted by molar-refractivity contribution is 0.366. The highest BCUT2D eigenvalue weighted by molar-refractivity contribution is 9.10. The number of aromatic nitrogens is 2. The minimum Gasteiger partial charge on any atom is -0.453 e. The molecule has 2 aromatic rings. The van der Waals surface area contributed by atoms with E-state index in [9.17, 15) is 0 Å². The van der Waals surface area contributed by atoms with Crippen molar-refractivity contribution in [3.63, 3.8) is 0 Å². The fourth-order valence-corrected chi connectivity index (χ4v) is 2.83. The van der Waals surface area contributed by atoms with Gasteiger partial charge in [-0.05, 0) is 54.7 Å². The van der Waals surface area contributed by atoms with Gasteiger partial charge in [0.25, 0.3) is 0 Å². The predicted molar refractivity (Wildman–Crippen MR) is 83.1 cm³/mol. The van der Waals surface area contributed by atoms with Gasteiger partial charge in [0.05, 0.1) is 35.2 Å². The number of rotatable bonds is 6. The molecular formula is C13H18BrClN4O. The average molecular weight is 362 g/mol. The van der Waals surface area contributed by atoms with E-state index < -0.39 is 0 Å². The molecule has 0 spiro atoms. The zero-order valence-corrected chi connectivity index (χ0v) is 14.1. The Morgan fingerprint density at radius 1 is 1.55 bits per heavy atom. The van der Waals surface area contributed by atoms with Crippen molar-refractivity contribution in [2.45, 2.75) is 12.6 Å². The third-order valence-electron chi connectivity index (χ3n) is 3.11. The predicted octanol–water partition coefficient (Wildman–Crippen LogP) is 2.76. The average Bonchev–Trinajstić information content (AvgIpc) is 2.97. The van der Waals surface area contributed by atoms with Gasteiger partial charge in [-0.15, -0.1) is 0 Å². The number of halogens is 2. The van der Waals surface area contributed by atoms with Crippen molar-refractivity contribution in [1.82, 2.24) is 20.0 Å². The van der Waals surface area contributed by atoms with Crippen molar-refractivity contribution in [1.29, 1.82) is 0 Å². The summed E-state index contributed by atoms with van der Waals surface area (Å²) >= 11 is 9.67. The molecule has 20 heavy (non-hydrogen) atoms. The number of nitrogens with zero attached hydrogens (tertiary/aromatic N) is 3. The van der Waals surface area contributed by atoms with E-state index in [1.54, 1.807) is 6.26 Å². The molecule has 7 heteroatoms. The van der Waals surface area contributed by atoms with Crippen molar-refractivity contribution in [2.24, 2.45) is 0 Å². The summed E-state index contributed by atoms with van der Waals surface area (Å²) in [6.07, 6.45) is 3.40. The maximum absolute atomic E-state index is 6.10. The number of hydrogen-bond acceptors (Lipinski definition) is 4. The van der Waals surface area contributed by atoms with Crippen LogP contribution in [0.5, 0.6) is 0 Å². The van der Waals surface area contributed by atoms with Crippen LogP contribution in [-0.2, 0) is 6.54 Å². The van der Waals surface area contributed by atoms with Crippen LogP contribution in [0, 0.1) is 0 Å². The molecule has 1 N–H and O–H groups in total. The monoisotopic (exact) mass is 360 g/mol. The highest BCUT2D eigenvalue weighted by Crippen LogP contribution is 2.32. The van der Waals surface area contributed by atoms with Crippen LogP contribution in [0.4, 0.5) is 0 Å². The van der Waals surface area contributed by atoms with Crippen LogP contribution in [0.25, 0.3) is 0 Å². The first-order chi connectivity index (χ1) is 9.54. The molecule has 5 nitrogen and oxygen atoms in total. The van der Waals surface area contributed by atoms with Crippen LogP contribution < -0.4 is 5.32 Å². The van der Waals surface area contributed by atoms with Crippen LogP contribution >= 0.6 is 27.5 Å². The number of nitrogens with one attached hydrogen (secondary N) is 1. The first kappa shape index (κ1) is 15.6. The SMILES string of the molecule is CNC(c1ccoc1Cl)c1c(Br)cnn1CCN(C)C. The highest BCUT2D eigenvalue weighted by Gasteiger charge is 2.24. The van der Waals surface area contributed by atoms with E-state index in [4.69, 9.17) is 16.0 Å². The summed E-state index contributed by atoms with van der Waals surface area (Å²) in [5.41, 5.74) is 1.94. The van der Waals surface area contributed by atoms with Crippen LogP contribution in [-0.4, -0.2) is 42.4 Å². The lowest BCUT2D eigenvalue weighted by Gasteiger charge is -2.19. The molecule has 1 atom stereocenters. The maximum atomic E-state index is 6.10. The van der Waals surface area contributed by atoms with E-state index in [-0.39, 0.29) is 6.04 Å². The van der Waals surface area contributed by atoms with Crippen LogP contribution in [0.15, 0.2) is 27.4 Å². The molecule has 2 heterocycles. The largest absolute Gasteiger partial charge is 0.453 e. The van der Waals surface area contributed by atoms with E-state index in [1.807, 2.05) is 38.1 Å². The third kappa shape index (κ3) is 3.25. The topological polar surface area (TPSA) is 46.2 Å². The van der Waals surface area contributed by atoms with Crippen molar-refractivity contribution in [2.75, 3.05) is 27.7 Å². The summed E-state index contributed by atoms with van der Waals surface area (Å²) in [7, 11) is 5.98. The summed E-state index contributed by atoms with van der Waals surface area (Å²) in [6.45, 7) is 1.72. The number of hydrogen-bond donors (Lipinski definition) is 1. The fraction of sp³-hybridized carbons (Fsp3) is 0.462. The first-order valence-electron chi connectivity index (χ1n) is 6.30. The van der Waals surface area contributed by atoms with E-state index >= 15 is 0 Å². The molecule has 0 bridgehead atoms. The van der Waals surface area contributed by atoms with Crippen molar-refractivity contribution >= 4 is 27.5 Å². The Balaban J connectivity index is 2.34. The molecule has 0 radical (unpaired) electrons. The van der Waals surface area contributed by atoms with Crippen molar-refractivity contribution in [3.05, 3.63) is 39.5 Å². The summed E-state index contributed by atoms with van der Waals surface area (Å²) < 4.78 is 8.13. The molecule has 2 aromatic heterocycles. The molecule has 0 aliphatic rings. The van der Waals surface area contributed by atoms with Gasteiger partial charge in [-0.3, -0.25) is 4.68 Å². The standard InChI is InChI=1S/C13H18BrClN4O/c1-16-11(9-4-7-20-13(9)15)12-10(14)8-17-19(12)6-5-18(2)3/h4,7-8,11,16H,5-6H2,1-3H3. The van der Waals surface area contributed by atoms with E-state index in [0.29, 0.717) is 5.22 Å². The fourth-order valence-electron chi connectivity index (χ4n) is 2.08. The molecule has 0 saturated carbocycles. The van der Waals surface area contributed by atoms with Gasteiger partial charge in [0.1, 0.15) is 0 Å². The summed E-state index contributed by atoms with van der Waals surface area (Å²) in [5.74, 6) is 0. The normalized spacial score (nSPS) is 13.1. The summed E-state index contributed by atoms with van der Waals surface area (Å²) in [5, 5.41) is 8.09. The van der Waals surface area contributed by atoms with Gasteiger partial charge < -0.3 is 14.6 Å². The third-order valence-corrected chi connectivity index (χ3v) is 4.03. The Morgan fingerprint density at radius 2 is 2.30 bits per heavy atom. The van der Waals surface area contributed by atoms with Gasteiger partial charge in [0, 0.05) is 12.1 Å². The second-order valence-corrected chi connectivity index (χ2v) is 5.97. The molecular weight excluding hydrogens is 344 g/mol. The van der Waals surface area contributed by atoms with Gasteiger partial charge in [-0.1, -0.05) is 0 Å². The zero-order valence-electron chi connectivity index (χ0n) is 11.7. The lowest BCUT2D eigenvalue weighted by atomic mass is 10.1. The zero-order chi connectivity index (χ0) is 14.7. The molecule has 0 aromatic carbocycles. The van der Waals surface area contributed by atoms with Gasteiger partial charge in [0.15, 0.2) is 5.22 Å². The Labute approximate surface area is 132 Å². The minimum atomic E-state index is -0.0692. The smallest absolute Gasteiger partial charge is 0.198 e. The van der Waals surface area contributed by atoms with Crippen molar-refractivity contribution in [3.8, 4) is 0 Å². The van der Waals surface area contributed by atoms with Gasteiger partial charge in [-0.25, -0.2) is 0 Å².